The van der Waals surface area contributed by atoms with Gasteiger partial charge in [-0.05, 0) is 44.9 Å². The third kappa shape index (κ3) is 3.84. The number of anilines is 1. The maximum Gasteiger partial charge on any atom is 0.0543 e. The first-order valence-electron chi connectivity index (χ1n) is 6.97. The van der Waals surface area contributed by atoms with Crippen LogP contribution in [0.1, 0.15) is 31.9 Å². The Kier molecular flexibility index (Phi) is 4.45. The lowest BCUT2D eigenvalue weighted by Gasteiger charge is -2.18. The van der Waals surface area contributed by atoms with E-state index in [0.29, 0.717) is 6.42 Å². The van der Waals surface area contributed by atoms with Gasteiger partial charge in [0, 0.05) is 30.6 Å². The fraction of sp³-hybridized carbons (Fsp3) is 0.438. The van der Waals surface area contributed by atoms with Crippen molar-refractivity contribution in [3.8, 4) is 0 Å². The Morgan fingerprint density at radius 3 is 2.40 bits per heavy atom. The summed E-state index contributed by atoms with van der Waals surface area (Å²) in [6.45, 7) is 7.36. The van der Waals surface area contributed by atoms with Crippen molar-refractivity contribution >= 4 is 5.69 Å². The first-order chi connectivity index (χ1) is 9.49. The minimum atomic E-state index is 0.0180. The Balaban J connectivity index is 1.93. The van der Waals surface area contributed by atoms with E-state index in [1.54, 1.807) is 0 Å². The number of aromatic nitrogens is 2. The first kappa shape index (κ1) is 14.6. The van der Waals surface area contributed by atoms with Gasteiger partial charge in [0.2, 0.25) is 0 Å². The fourth-order valence-corrected chi connectivity index (χ4v) is 1.94. The summed E-state index contributed by atoms with van der Waals surface area (Å²) in [5.74, 6) is 0. The highest BCUT2D eigenvalue weighted by molar-refractivity contribution is 5.45. The van der Waals surface area contributed by atoms with Gasteiger partial charge >= 0.3 is 0 Å². The van der Waals surface area contributed by atoms with Crippen LogP contribution in [0.3, 0.4) is 0 Å². The van der Waals surface area contributed by atoms with Gasteiger partial charge in [0.15, 0.2) is 0 Å². The van der Waals surface area contributed by atoms with Crippen LogP contribution in [0.25, 0.3) is 0 Å². The first-order valence-corrected chi connectivity index (χ1v) is 6.97. The molecule has 0 unspecified atom stereocenters. The van der Waals surface area contributed by atoms with Crippen LogP contribution in [0.5, 0.6) is 0 Å². The number of nitrogens with zero attached hydrogens (tertiary/aromatic N) is 2. The number of rotatable bonds is 5. The van der Waals surface area contributed by atoms with E-state index in [1.165, 1.54) is 5.56 Å². The lowest BCUT2D eigenvalue weighted by molar-refractivity contribution is 0.299. The van der Waals surface area contributed by atoms with E-state index in [-0.39, 0.29) is 12.1 Å². The number of hydrogen-bond donors (Lipinski definition) is 2. The quantitative estimate of drug-likeness (QED) is 0.880. The molecule has 1 aromatic heterocycles. The molecule has 0 saturated carbocycles. The van der Waals surface area contributed by atoms with Crippen LogP contribution in [-0.4, -0.2) is 21.5 Å². The van der Waals surface area contributed by atoms with Crippen LogP contribution in [-0.2, 0) is 18.5 Å². The van der Waals surface area contributed by atoms with E-state index in [0.717, 1.165) is 17.8 Å². The van der Waals surface area contributed by atoms with Crippen LogP contribution < -0.4 is 5.32 Å². The van der Waals surface area contributed by atoms with Gasteiger partial charge in [0.05, 0.1) is 11.7 Å². The van der Waals surface area contributed by atoms with Gasteiger partial charge in [-0.1, -0.05) is 12.1 Å². The molecule has 2 aromatic rings. The van der Waals surface area contributed by atoms with Gasteiger partial charge in [-0.15, -0.1) is 0 Å². The highest BCUT2D eigenvalue weighted by atomic mass is 16.2. The molecule has 0 amide bonds. The van der Waals surface area contributed by atoms with Crippen molar-refractivity contribution in [1.29, 1.82) is 0 Å². The Hall–Kier alpha value is -1.81. The summed E-state index contributed by atoms with van der Waals surface area (Å²) in [6, 6.07) is 8.16. The SMILES string of the molecule is CC(C)(C)n1cc(CNc2ccc(CCO)cc2)cn1. The molecule has 0 radical (unpaired) electrons. The summed E-state index contributed by atoms with van der Waals surface area (Å²) < 4.78 is 1.98. The predicted octanol–water partition coefficient (Wildman–Crippen LogP) is 2.79. The summed E-state index contributed by atoms with van der Waals surface area (Å²) >= 11 is 0. The number of hydrogen-bond acceptors (Lipinski definition) is 3. The molecule has 1 aromatic carbocycles. The van der Waals surface area contributed by atoms with Gasteiger partial charge in [-0.25, -0.2) is 0 Å². The molecule has 4 heteroatoms. The minimum Gasteiger partial charge on any atom is -0.396 e. The van der Waals surface area contributed by atoms with Gasteiger partial charge in [-0.3, -0.25) is 4.68 Å². The van der Waals surface area contributed by atoms with Crippen LogP contribution in [0.4, 0.5) is 5.69 Å². The van der Waals surface area contributed by atoms with Gasteiger partial charge in [0.1, 0.15) is 0 Å². The van der Waals surface area contributed by atoms with Crippen LogP contribution in [0.15, 0.2) is 36.7 Å². The van der Waals surface area contributed by atoms with Crippen molar-refractivity contribution in [2.45, 2.75) is 39.3 Å². The maximum absolute atomic E-state index is 8.88. The smallest absolute Gasteiger partial charge is 0.0543 e. The molecule has 4 nitrogen and oxygen atoms in total. The predicted molar refractivity (Wildman–Crippen MR) is 81.8 cm³/mol. The van der Waals surface area contributed by atoms with Crippen molar-refractivity contribution in [2.24, 2.45) is 0 Å². The third-order valence-corrected chi connectivity index (χ3v) is 3.17. The molecule has 0 fully saturated rings. The molecule has 0 aliphatic carbocycles. The van der Waals surface area contributed by atoms with E-state index in [9.17, 15) is 0 Å². The molecule has 0 atom stereocenters. The summed E-state index contributed by atoms with van der Waals surface area (Å²) in [4.78, 5) is 0. The summed E-state index contributed by atoms with van der Waals surface area (Å²) in [5.41, 5.74) is 3.41. The molecule has 108 valence electrons. The van der Waals surface area contributed by atoms with E-state index < -0.39 is 0 Å². The summed E-state index contributed by atoms with van der Waals surface area (Å²) in [7, 11) is 0. The topological polar surface area (TPSA) is 50.1 Å². The van der Waals surface area contributed by atoms with E-state index in [1.807, 2.05) is 35.1 Å². The highest BCUT2D eigenvalue weighted by Crippen LogP contribution is 2.15. The second kappa shape index (κ2) is 6.09. The fourth-order valence-electron chi connectivity index (χ4n) is 1.94. The van der Waals surface area contributed by atoms with Crippen molar-refractivity contribution in [3.05, 3.63) is 47.8 Å². The zero-order valence-corrected chi connectivity index (χ0v) is 12.4. The molecule has 2 rings (SSSR count). The number of aliphatic hydroxyl groups is 1. The average Bonchev–Trinajstić information content (AvgIpc) is 2.87. The molecule has 0 saturated heterocycles. The standard InChI is InChI=1S/C16H23N3O/c1-16(2,3)19-12-14(11-18-19)10-17-15-6-4-13(5-7-15)8-9-20/h4-7,11-12,17,20H,8-10H2,1-3H3. The molecule has 2 N–H and O–H groups in total. The van der Waals surface area contributed by atoms with Crippen molar-refractivity contribution in [1.82, 2.24) is 9.78 Å². The normalized spacial score (nSPS) is 11.6. The van der Waals surface area contributed by atoms with Crippen molar-refractivity contribution < 1.29 is 5.11 Å². The number of nitrogens with one attached hydrogen (secondary N) is 1. The van der Waals surface area contributed by atoms with E-state index in [4.69, 9.17) is 5.11 Å². The summed E-state index contributed by atoms with van der Waals surface area (Å²) in [5, 5.41) is 16.7. The van der Waals surface area contributed by atoms with Gasteiger partial charge in [0.25, 0.3) is 0 Å². The molecule has 0 aliphatic rings. The minimum absolute atomic E-state index is 0.0180. The monoisotopic (exact) mass is 273 g/mol. The van der Waals surface area contributed by atoms with Crippen LogP contribution >= 0.6 is 0 Å². The lowest BCUT2D eigenvalue weighted by Crippen LogP contribution is -2.21. The maximum atomic E-state index is 8.88. The zero-order chi connectivity index (χ0) is 14.6. The zero-order valence-electron chi connectivity index (χ0n) is 12.4. The van der Waals surface area contributed by atoms with E-state index in [2.05, 4.69) is 37.4 Å². The second-order valence-corrected chi connectivity index (χ2v) is 5.99. The largest absolute Gasteiger partial charge is 0.396 e. The third-order valence-electron chi connectivity index (χ3n) is 3.17. The molecule has 1 heterocycles. The van der Waals surface area contributed by atoms with Gasteiger partial charge < -0.3 is 10.4 Å². The number of aliphatic hydroxyl groups excluding tert-OH is 1. The molecular formula is C16H23N3O. The van der Waals surface area contributed by atoms with Crippen molar-refractivity contribution in [3.63, 3.8) is 0 Å². The second-order valence-electron chi connectivity index (χ2n) is 5.99. The lowest BCUT2D eigenvalue weighted by atomic mass is 10.1. The molecule has 20 heavy (non-hydrogen) atoms. The Bertz CT molecular complexity index is 538. The molecular weight excluding hydrogens is 250 g/mol. The molecule has 0 bridgehead atoms. The summed E-state index contributed by atoms with van der Waals surface area (Å²) in [6.07, 6.45) is 4.68. The Labute approximate surface area is 120 Å². The Morgan fingerprint density at radius 2 is 1.85 bits per heavy atom. The van der Waals surface area contributed by atoms with Crippen LogP contribution in [0.2, 0.25) is 0 Å². The van der Waals surface area contributed by atoms with Gasteiger partial charge in [-0.2, -0.15) is 5.10 Å². The molecule has 0 aliphatic heterocycles. The number of benzene rings is 1. The van der Waals surface area contributed by atoms with Crippen molar-refractivity contribution in [2.75, 3.05) is 11.9 Å². The highest BCUT2D eigenvalue weighted by Gasteiger charge is 2.13. The van der Waals surface area contributed by atoms with Crippen LogP contribution in [0, 0.1) is 0 Å². The Morgan fingerprint density at radius 1 is 1.15 bits per heavy atom. The average molecular weight is 273 g/mol. The molecule has 0 spiro atoms. The van der Waals surface area contributed by atoms with E-state index >= 15 is 0 Å².